The molecule has 2 aliphatic rings. The first-order chi connectivity index (χ1) is 18.9. The molecule has 0 spiro atoms. The first-order valence-electron chi connectivity index (χ1n) is 11.8. The Kier molecular flexibility index (Phi) is 6.02. The lowest BCUT2D eigenvalue weighted by Gasteiger charge is -2.31. The van der Waals surface area contributed by atoms with Crippen molar-refractivity contribution in [3.8, 4) is 0 Å². The summed E-state index contributed by atoms with van der Waals surface area (Å²) in [5.74, 6) is -2.33. The summed E-state index contributed by atoms with van der Waals surface area (Å²) in [4.78, 5) is 27.5. The van der Waals surface area contributed by atoms with E-state index in [0.29, 0.717) is 4.90 Å². The summed E-state index contributed by atoms with van der Waals surface area (Å²) in [6, 6.07) is 7.34. The van der Waals surface area contributed by atoms with Crippen LogP contribution in [0.1, 0.15) is 38.1 Å². The van der Waals surface area contributed by atoms with E-state index in [9.17, 15) is 27.9 Å². The van der Waals surface area contributed by atoms with Crippen LogP contribution in [0.5, 0.6) is 0 Å². The molecule has 0 fully saturated rings. The van der Waals surface area contributed by atoms with Crippen molar-refractivity contribution in [1.82, 2.24) is 15.1 Å². The number of alkyl halides is 2. The van der Waals surface area contributed by atoms with Gasteiger partial charge in [-0.25, -0.2) is 22.4 Å². The molecule has 6 rings (SSSR count). The maximum atomic E-state index is 15.2. The van der Waals surface area contributed by atoms with Gasteiger partial charge in [-0.1, -0.05) is 23.4 Å². The van der Waals surface area contributed by atoms with Crippen LogP contribution in [0.4, 0.5) is 28.0 Å². The SMILES string of the molecule is Cn1nc2cc3c(c(C4Sc5cc(F)ccc5N4C(N)=O)c2c1CC(F)F)C(O)(c1cc(Cl)ccc1F)NC3=O. The number of aromatic nitrogens is 2. The number of aryl methyl sites for hydroxylation is 1. The number of amides is 3. The van der Waals surface area contributed by atoms with Crippen molar-refractivity contribution in [2.45, 2.75) is 28.8 Å². The van der Waals surface area contributed by atoms with Gasteiger partial charge in [-0.2, -0.15) is 5.10 Å². The molecule has 0 radical (unpaired) electrons. The number of carbonyl (C=O) groups is 2. The fourth-order valence-corrected chi connectivity index (χ4v) is 6.98. The zero-order valence-electron chi connectivity index (χ0n) is 20.4. The highest BCUT2D eigenvalue weighted by Crippen LogP contribution is 2.56. The minimum absolute atomic E-state index is 0.0110. The summed E-state index contributed by atoms with van der Waals surface area (Å²) in [5, 5.41) is 17.7. The molecule has 8 nitrogen and oxygen atoms in total. The van der Waals surface area contributed by atoms with Crippen LogP contribution in [0, 0.1) is 11.6 Å². The van der Waals surface area contributed by atoms with Gasteiger partial charge in [0, 0.05) is 39.0 Å². The van der Waals surface area contributed by atoms with Crippen LogP contribution >= 0.6 is 23.4 Å². The lowest BCUT2D eigenvalue weighted by atomic mass is 9.87. The minimum Gasteiger partial charge on any atom is -0.363 e. The maximum absolute atomic E-state index is 15.2. The van der Waals surface area contributed by atoms with Gasteiger partial charge >= 0.3 is 6.03 Å². The Morgan fingerprint density at radius 2 is 2.00 bits per heavy atom. The summed E-state index contributed by atoms with van der Waals surface area (Å²) < 4.78 is 58.2. The highest BCUT2D eigenvalue weighted by Gasteiger charge is 2.51. The molecule has 4 aromatic rings. The number of fused-ring (bicyclic) bond motifs is 3. The number of thioether (sulfide) groups is 1. The number of anilines is 1. The zero-order valence-corrected chi connectivity index (χ0v) is 22.0. The Morgan fingerprint density at radius 1 is 1.25 bits per heavy atom. The third-order valence-corrected chi connectivity index (χ3v) is 8.47. The van der Waals surface area contributed by atoms with Crippen molar-refractivity contribution < 1.29 is 32.3 Å². The van der Waals surface area contributed by atoms with E-state index in [-0.39, 0.29) is 44.0 Å². The van der Waals surface area contributed by atoms with E-state index in [1.165, 1.54) is 36.0 Å². The van der Waals surface area contributed by atoms with E-state index < -0.39 is 53.1 Å². The predicted molar refractivity (Wildman–Crippen MR) is 139 cm³/mol. The van der Waals surface area contributed by atoms with E-state index in [1.54, 1.807) is 0 Å². The number of aliphatic hydroxyl groups is 1. The molecular weight excluding hydrogens is 574 g/mol. The highest BCUT2D eigenvalue weighted by atomic mass is 35.5. The van der Waals surface area contributed by atoms with Gasteiger partial charge in [0.25, 0.3) is 5.91 Å². The van der Waals surface area contributed by atoms with Gasteiger partial charge in [-0.05, 0) is 42.5 Å². The molecule has 2 atom stereocenters. The fraction of sp³-hybridized carbons (Fsp3) is 0.192. The molecule has 40 heavy (non-hydrogen) atoms. The first kappa shape index (κ1) is 26.4. The van der Waals surface area contributed by atoms with Crippen molar-refractivity contribution >= 4 is 51.9 Å². The number of carbonyl (C=O) groups excluding carboxylic acids is 2. The molecule has 14 heteroatoms. The van der Waals surface area contributed by atoms with Gasteiger partial charge in [-0.15, -0.1) is 0 Å². The summed E-state index contributed by atoms with van der Waals surface area (Å²) >= 11 is 7.07. The van der Waals surface area contributed by atoms with Crippen LogP contribution in [0.3, 0.4) is 0 Å². The second-order valence-electron chi connectivity index (χ2n) is 9.35. The third-order valence-electron chi connectivity index (χ3n) is 6.99. The highest BCUT2D eigenvalue weighted by molar-refractivity contribution is 8.00. The molecule has 206 valence electrons. The number of halogens is 5. The normalized spacial score (nSPS) is 19.9. The Labute approximate surface area is 232 Å². The maximum Gasteiger partial charge on any atom is 0.320 e. The molecule has 3 aromatic carbocycles. The average molecular weight is 592 g/mol. The molecule has 4 N–H and O–H groups in total. The van der Waals surface area contributed by atoms with Crippen molar-refractivity contribution in [2.75, 3.05) is 4.90 Å². The van der Waals surface area contributed by atoms with Gasteiger partial charge in [-0.3, -0.25) is 14.4 Å². The summed E-state index contributed by atoms with van der Waals surface area (Å²) in [7, 11) is 1.44. The molecule has 3 heterocycles. The van der Waals surface area contributed by atoms with E-state index in [2.05, 4.69) is 10.4 Å². The lowest BCUT2D eigenvalue weighted by molar-refractivity contribution is 0.0446. The second kappa shape index (κ2) is 9.11. The Bertz CT molecular complexity index is 1770. The fourth-order valence-electron chi connectivity index (χ4n) is 5.43. The van der Waals surface area contributed by atoms with Crippen molar-refractivity contribution in [3.05, 3.63) is 87.1 Å². The molecule has 0 saturated heterocycles. The van der Waals surface area contributed by atoms with Gasteiger partial charge < -0.3 is 16.2 Å². The number of primary amides is 1. The number of rotatable bonds is 4. The smallest absolute Gasteiger partial charge is 0.320 e. The summed E-state index contributed by atoms with van der Waals surface area (Å²) in [6.07, 6.45) is -3.57. The zero-order chi connectivity index (χ0) is 28.7. The van der Waals surface area contributed by atoms with Crippen LogP contribution in [0.25, 0.3) is 10.9 Å². The number of nitrogens with two attached hydrogens (primary N) is 1. The average Bonchev–Trinajstić information content (AvgIpc) is 3.48. The summed E-state index contributed by atoms with van der Waals surface area (Å²) in [6.45, 7) is 0. The monoisotopic (exact) mass is 591 g/mol. The largest absolute Gasteiger partial charge is 0.363 e. The van der Waals surface area contributed by atoms with Crippen LogP contribution in [0.2, 0.25) is 5.02 Å². The Balaban J connectivity index is 1.74. The van der Waals surface area contributed by atoms with Crippen LogP contribution in [-0.4, -0.2) is 33.3 Å². The number of benzene rings is 3. The number of urea groups is 1. The molecule has 0 aliphatic carbocycles. The van der Waals surface area contributed by atoms with Crippen molar-refractivity contribution in [3.63, 3.8) is 0 Å². The van der Waals surface area contributed by atoms with Crippen molar-refractivity contribution in [1.29, 1.82) is 0 Å². The number of nitrogens with one attached hydrogen (secondary N) is 1. The van der Waals surface area contributed by atoms with Crippen LogP contribution in [0.15, 0.2) is 47.4 Å². The predicted octanol–water partition coefficient (Wildman–Crippen LogP) is 4.94. The van der Waals surface area contributed by atoms with Gasteiger partial charge in [0.2, 0.25) is 6.43 Å². The van der Waals surface area contributed by atoms with E-state index in [0.717, 1.165) is 34.9 Å². The quantitative estimate of drug-likeness (QED) is 0.291. The Morgan fingerprint density at radius 3 is 2.70 bits per heavy atom. The van der Waals surface area contributed by atoms with Crippen LogP contribution < -0.4 is 16.0 Å². The van der Waals surface area contributed by atoms with E-state index in [1.807, 2.05) is 0 Å². The standard InChI is InChI=1S/C26H18ClF4N5O3S/c1-35-17(9-19(30)31)20-15(34-35)8-12-22(26(39,33-23(12)37)13-6-10(27)2-4-14(13)29)21(20)24-36(25(32)38)16-5-3-11(28)7-18(16)40-24/h2-8,19,24,39H,9H2,1H3,(H2,32,38)(H,33,37). The number of nitrogens with zero attached hydrogens (tertiary/aromatic N) is 3. The first-order valence-corrected chi connectivity index (χ1v) is 13.0. The topological polar surface area (TPSA) is 113 Å². The number of hydrogen-bond acceptors (Lipinski definition) is 5. The lowest BCUT2D eigenvalue weighted by Crippen LogP contribution is -2.42. The van der Waals surface area contributed by atoms with Gasteiger partial charge in [0.05, 0.1) is 28.9 Å². The molecule has 3 amide bonds. The molecule has 1 aromatic heterocycles. The molecule has 0 saturated carbocycles. The minimum atomic E-state index is -2.81. The molecule has 0 bridgehead atoms. The third kappa shape index (κ3) is 3.83. The summed E-state index contributed by atoms with van der Waals surface area (Å²) in [5.41, 5.74) is 2.88. The number of hydrogen-bond donors (Lipinski definition) is 3. The molecular formula is C26H18ClF4N5O3S. The second-order valence-corrected chi connectivity index (χ2v) is 10.9. The van der Waals surface area contributed by atoms with Crippen molar-refractivity contribution in [2.24, 2.45) is 12.8 Å². The van der Waals surface area contributed by atoms with E-state index >= 15 is 4.39 Å². The van der Waals surface area contributed by atoms with E-state index in [4.69, 9.17) is 17.3 Å². The van der Waals surface area contributed by atoms with Gasteiger partial charge in [0.1, 0.15) is 17.0 Å². The molecule has 2 unspecified atom stereocenters. The van der Waals surface area contributed by atoms with Crippen LogP contribution in [-0.2, 0) is 19.2 Å². The Hall–Kier alpha value is -3.81. The molecule has 2 aliphatic heterocycles. The van der Waals surface area contributed by atoms with Gasteiger partial charge in [0.15, 0.2) is 5.72 Å².